The summed E-state index contributed by atoms with van der Waals surface area (Å²) >= 11 is 0. The molecular formula is C17H13NO3. The first-order chi connectivity index (χ1) is 10.1. The van der Waals surface area contributed by atoms with Gasteiger partial charge in [-0.2, -0.15) is 0 Å². The van der Waals surface area contributed by atoms with Gasteiger partial charge in [-0.3, -0.25) is 10.1 Å². The smallest absolute Gasteiger partial charge is 0.277 e. The van der Waals surface area contributed by atoms with Gasteiger partial charge in [-0.15, -0.1) is 0 Å². The van der Waals surface area contributed by atoms with E-state index in [0.29, 0.717) is 5.76 Å². The van der Waals surface area contributed by atoms with Gasteiger partial charge >= 0.3 is 0 Å². The van der Waals surface area contributed by atoms with Crippen LogP contribution in [0.15, 0.2) is 54.7 Å². The Kier molecular flexibility index (Phi) is 3.28. The van der Waals surface area contributed by atoms with Crippen molar-refractivity contribution in [2.24, 2.45) is 0 Å². The van der Waals surface area contributed by atoms with E-state index in [1.54, 1.807) is 0 Å². The fraction of sp³-hybridized carbons (Fsp3) is 0.0588. The van der Waals surface area contributed by atoms with Gasteiger partial charge in [-0.1, -0.05) is 54.1 Å². The van der Waals surface area contributed by atoms with Crippen molar-refractivity contribution in [3.8, 4) is 0 Å². The van der Waals surface area contributed by atoms with Crippen LogP contribution in [0.1, 0.15) is 22.3 Å². The third kappa shape index (κ3) is 2.69. The average Bonchev–Trinajstić information content (AvgIpc) is 2.47. The molecule has 0 radical (unpaired) electrons. The number of benzene rings is 2. The zero-order valence-electron chi connectivity index (χ0n) is 11.4. The predicted octanol–water partition coefficient (Wildman–Crippen LogP) is 4.10. The quantitative estimate of drug-likeness (QED) is 0.614. The Morgan fingerprint density at radius 2 is 1.81 bits per heavy atom. The van der Waals surface area contributed by atoms with Gasteiger partial charge < -0.3 is 4.74 Å². The zero-order valence-corrected chi connectivity index (χ0v) is 11.4. The maximum atomic E-state index is 10.8. The number of nitrogens with zero attached hydrogens (tertiary/aromatic N) is 1. The first-order valence-corrected chi connectivity index (χ1v) is 6.55. The van der Waals surface area contributed by atoms with E-state index >= 15 is 0 Å². The number of aryl methyl sites for hydroxylation is 1. The lowest BCUT2D eigenvalue weighted by Gasteiger charge is -2.19. The Hall–Kier alpha value is -2.88. The van der Waals surface area contributed by atoms with Gasteiger partial charge in [-0.25, -0.2) is 0 Å². The van der Waals surface area contributed by atoms with Crippen molar-refractivity contribution in [3.63, 3.8) is 0 Å². The van der Waals surface area contributed by atoms with Crippen molar-refractivity contribution in [2.75, 3.05) is 0 Å². The highest BCUT2D eigenvalue weighted by molar-refractivity contribution is 5.88. The molecule has 0 saturated carbocycles. The number of nitro groups is 1. The molecule has 1 heterocycles. The normalized spacial score (nSPS) is 15.1. The van der Waals surface area contributed by atoms with Gasteiger partial charge in [0.25, 0.3) is 6.20 Å². The summed E-state index contributed by atoms with van der Waals surface area (Å²) in [6.07, 6.45) is 2.80. The Bertz CT molecular complexity index is 758. The molecule has 2 aromatic rings. The molecular weight excluding hydrogens is 266 g/mol. The van der Waals surface area contributed by atoms with E-state index in [9.17, 15) is 10.1 Å². The molecule has 0 aromatic heterocycles. The van der Waals surface area contributed by atoms with E-state index in [1.807, 2.05) is 61.5 Å². The van der Waals surface area contributed by atoms with E-state index in [4.69, 9.17) is 4.74 Å². The lowest BCUT2D eigenvalue weighted by Crippen LogP contribution is -2.03. The van der Waals surface area contributed by atoms with Crippen LogP contribution >= 0.6 is 0 Å². The molecule has 0 N–H and O–H groups in total. The molecule has 104 valence electrons. The highest BCUT2D eigenvalue weighted by Crippen LogP contribution is 2.34. The zero-order chi connectivity index (χ0) is 14.8. The summed E-state index contributed by atoms with van der Waals surface area (Å²) in [4.78, 5) is 10.3. The summed E-state index contributed by atoms with van der Waals surface area (Å²) in [6.45, 7) is 2.01. The molecule has 0 aliphatic carbocycles. The molecule has 21 heavy (non-hydrogen) atoms. The van der Waals surface area contributed by atoms with E-state index in [1.165, 1.54) is 0 Å². The molecule has 0 fully saturated rings. The molecule has 0 atom stereocenters. The summed E-state index contributed by atoms with van der Waals surface area (Å²) in [6, 6.07) is 15.3. The van der Waals surface area contributed by atoms with Gasteiger partial charge in [-0.05, 0) is 18.6 Å². The van der Waals surface area contributed by atoms with Gasteiger partial charge in [0, 0.05) is 11.1 Å². The van der Waals surface area contributed by atoms with Gasteiger partial charge in [0.2, 0.25) is 5.76 Å². The number of fused-ring (bicyclic) bond motifs is 1. The van der Waals surface area contributed by atoms with Crippen LogP contribution in [0.3, 0.4) is 0 Å². The minimum absolute atomic E-state index is 0.258. The van der Waals surface area contributed by atoms with Gasteiger partial charge in [0.1, 0.15) is 5.76 Å². The third-order valence-electron chi connectivity index (χ3n) is 3.29. The first-order valence-electron chi connectivity index (χ1n) is 6.55. The van der Waals surface area contributed by atoms with Crippen LogP contribution in [0, 0.1) is 17.0 Å². The lowest BCUT2D eigenvalue weighted by molar-refractivity contribution is -0.402. The summed E-state index contributed by atoms with van der Waals surface area (Å²) in [5.41, 5.74) is 3.68. The van der Waals surface area contributed by atoms with Crippen molar-refractivity contribution in [1.82, 2.24) is 0 Å². The first kappa shape index (κ1) is 13.1. The monoisotopic (exact) mass is 279 g/mol. The van der Waals surface area contributed by atoms with Crippen LogP contribution in [0.25, 0.3) is 17.6 Å². The highest BCUT2D eigenvalue weighted by Gasteiger charge is 2.20. The number of ether oxygens (including phenoxy) is 1. The molecule has 0 bridgehead atoms. The van der Waals surface area contributed by atoms with E-state index in [0.717, 1.165) is 28.5 Å². The van der Waals surface area contributed by atoms with Crippen LogP contribution < -0.4 is 0 Å². The molecule has 1 aliphatic rings. The topological polar surface area (TPSA) is 52.4 Å². The standard InChI is InChI=1S/C17H13NO3/c1-12-6-8-13(9-7-12)16-10-14-4-2-3-5-15(14)17(21-16)11-18(19)20/h2-11H,1H3/b17-11-. The number of rotatable bonds is 2. The van der Waals surface area contributed by atoms with Crippen LogP contribution in [-0.4, -0.2) is 4.92 Å². The largest absolute Gasteiger partial charge is 0.450 e. The Balaban J connectivity index is 2.10. The summed E-state index contributed by atoms with van der Waals surface area (Å²) < 4.78 is 5.73. The minimum atomic E-state index is -0.496. The fourth-order valence-electron chi connectivity index (χ4n) is 2.24. The Morgan fingerprint density at radius 1 is 1.10 bits per heavy atom. The second-order valence-corrected chi connectivity index (χ2v) is 4.84. The molecule has 2 aromatic carbocycles. The average molecular weight is 279 g/mol. The lowest BCUT2D eigenvalue weighted by atomic mass is 10.0. The molecule has 0 spiro atoms. The van der Waals surface area contributed by atoms with E-state index in [2.05, 4.69) is 0 Å². The Labute approximate surface area is 122 Å². The highest BCUT2D eigenvalue weighted by atomic mass is 16.6. The summed E-state index contributed by atoms with van der Waals surface area (Å²) in [7, 11) is 0. The number of hydrogen-bond donors (Lipinski definition) is 0. The molecule has 0 saturated heterocycles. The molecule has 0 unspecified atom stereocenters. The van der Waals surface area contributed by atoms with Crippen molar-refractivity contribution >= 4 is 17.6 Å². The third-order valence-corrected chi connectivity index (χ3v) is 3.29. The second-order valence-electron chi connectivity index (χ2n) is 4.84. The van der Waals surface area contributed by atoms with Crippen molar-refractivity contribution in [1.29, 1.82) is 0 Å². The fourth-order valence-corrected chi connectivity index (χ4v) is 2.24. The van der Waals surface area contributed by atoms with Crippen LogP contribution in [0.2, 0.25) is 0 Å². The van der Waals surface area contributed by atoms with Crippen molar-refractivity contribution in [3.05, 3.63) is 87.1 Å². The van der Waals surface area contributed by atoms with E-state index in [-0.39, 0.29) is 5.76 Å². The predicted molar refractivity (Wildman–Crippen MR) is 81.5 cm³/mol. The van der Waals surface area contributed by atoms with Crippen LogP contribution in [0.5, 0.6) is 0 Å². The molecule has 1 aliphatic heterocycles. The van der Waals surface area contributed by atoms with Crippen LogP contribution in [-0.2, 0) is 4.74 Å². The SMILES string of the molecule is Cc1ccc(C2=Cc3ccccc3/C(=C/[N+](=O)[O-])O2)cc1. The van der Waals surface area contributed by atoms with Gasteiger partial charge in [0.15, 0.2) is 0 Å². The van der Waals surface area contributed by atoms with E-state index < -0.39 is 4.92 Å². The number of hydrogen-bond acceptors (Lipinski definition) is 3. The summed E-state index contributed by atoms with van der Waals surface area (Å²) in [5, 5.41) is 10.8. The van der Waals surface area contributed by atoms with Crippen LogP contribution in [0.4, 0.5) is 0 Å². The maximum absolute atomic E-state index is 10.8. The molecule has 3 rings (SSSR count). The molecule has 4 heteroatoms. The van der Waals surface area contributed by atoms with Crippen molar-refractivity contribution < 1.29 is 9.66 Å². The molecule has 4 nitrogen and oxygen atoms in total. The summed E-state index contributed by atoms with van der Waals surface area (Å²) in [5.74, 6) is 0.871. The van der Waals surface area contributed by atoms with Crippen molar-refractivity contribution in [2.45, 2.75) is 6.92 Å². The maximum Gasteiger partial charge on any atom is 0.277 e. The molecule has 0 amide bonds. The Morgan fingerprint density at radius 3 is 2.52 bits per heavy atom. The minimum Gasteiger partial charge on any atom is -0.450 e. The van der Waals surface area contributed by atoms with Gasteiger partial charge in [0.05, 0.1) is 4.92 Å². The second kappa shape index (κ2) is 5.25.